The first-order valence-corrected chi connectivity index (χ1v) is 7.88. The third-order valence-electron chi connectivity index (χ3n) is 3.76. The molecule has 1 aliphatic heterocycles. The molecule has 2 heterocycles. The van der Waals surface area contributed by atoms with Crippen molar-refractivity contribution in [1.82, 2.24) is 14.8 Å². The van der Waals surface area contributed by atoms with Gasteiger partial charge in [-0.3, -0.25) is 4.79 Å². The zero-order chi connectivity index (χ0) is 14.4. The van der Waals surface area contributed by atoms with Gasteiger partial charge in [0.2, 0.25) is 0 Å². The SMILES string of the molecule is CC(C)(c1nnc2n1CC(C(=O)O)CC2)S(C)(=O)=O. The maximum atomic E-state index is 11.9. The second-order valence-corrected chi connectivity index (χ2v) is 7.97. The van der Waals surface area contributed by atoms with E-state index in [9.17, 15) is 13.2 Å². The average Bonchev–Trinajstić information content (AvgIpc) is 2.70. The number of rotatable bonds is 3. The Bertz CT molecular complexity index is 618. The molecule has 0 fully saturated rings. The predicted molar refractivity (Wildman–Crippen MR) is 67.3 cm³/mol. The number of nitrogens with zero attached hydrogens (tertiary/aromatic N) is 3. The monoisotopic (exact) mass is 287 g/mol. The fourth-order valence-electron chi connectivity index (χ4n) is 2.14. The molecule has 0 spiro atoms. The number of aliphatic carboxylic acids is 1. The Hall–Kier alpha value is -1.44. The number of carboxylic acid groups (broad SMARTS) is 1. The molecule has 1 atom stereocenters. The molecule has 0 amide bonds. The highest BCUT2D eigenvalue weighted by Gasteiger charge is 2.40. The third kappa shape index (κ3) is 2.24. The lowest BCUT2D eigenvalue weighted by Gasteiger charge is -2.26. The van der Waals surface area contributed by atoms with E-state index in [1.165, 1.54) is 0 Å². The van der Waals surface area contributed by atoms with E-state index in [-0.39, 0.29) is 6.54 Å². The molecule has 1 aliphatic rings. The number of carboxylic acids is 1. The van der Waals surface area contributed by atoms with Crippen LogP contribution in [0.1, 0.15) is 31.9 Å². The summed E-state index contributed by atoms with van der Waals surface area (Å²) in [7, 11) is -3.37. The lowest BCUT2D eigenvalue weighted by Crippen LogP contribution is -2.35. The third-order valence-corrected chi connectivity index (χ3v) is 5.80. The first-order valence-electron chi connectivity index (χ1n) is 5.99. The first kappa shape index (κ1) is 14.0. The van der Waals surface area contributed by atoms with Crippen molar-refractivity contribution in [3.05, 3.63) is 11.6 Å². The van der Waals surface area contributed by atoms with Gasteiger partial charge in [0.1, 0.15) is 10.6 Å². The minimum atomic E-state index is -3.37. The molecule has 19 heavy (non-hydrogen) atoms. The van der Waals surface area contributed by atoms with Gasteiger partial charge >= 0.3 is 5.97 Å². The smallest absolute Gasteiger partial charge is 0.308 e. The zero-order valence-corrected chi connectivity index (χ0v) is 11.9. The summed E-state index contributed by atoms with van der Waals surface area (Å²) in [6.45, 7) is 3.35. The van der Waals surface area contributed by atoms with Gasteiger partial charge in [-0.2, -0.15) is 0 Å². The van der Waals surface area contributed by atoms with Crippen LogP contribution in [0, 0.1) is 5.92 Å². The largest absolute Gasteiger partial charge is 0.481 e. The van der Waals surface area contributed by atoms with E-state index < -0.39 is 26.5 Å². The quantitative estimate of drug-likeness (QED) is 0.852. The average molecular weight is 287 g/mol. The molecular formula is C11H17N3O4S. The number of hydrogen-bond donors (Lipinski definition) is 1. The van der Waals surface area contributed by atoms with Crippen LogP contribution in [0.25, 0.3) is 0 Å². The van der Waals surface area contributed by atoms with Gasteiger partial charge in [0.15, 0.2) is 15.7 Å². The van der Waals surface area contributed by atoms with E-state index in [1.807, 2.05) is 0 Å². The highest BCUT2D eigenvalue weighted by Crippen LogP contribution is 2.31. The number of fused-ring (bicyclic) bond motifs is 1. The topological polar surface area (TPSA) is 102 Å². The minimum absolute atomic E-state index is 0.228. The van der Waals surface area contributed by atoms with Crippen molar-refractivity contribution in [3.63, 3.8) is 0 Å². The van der Waals surface area contributed by atoms with E-state index in [4.69, 9.17) is 5.11 Å². The molecule has 2 rings (SSSR count). The molecule has 1 aromatic heterocycles. The Morgan fingerprint density at radius 3 is 2.58 bits per heavy atom. The van der Waals surface area contributed by atoms with E-state index in [2.05, 4.69) is 10.2 Å². The highest BCUT2D eigenvalue weighted by atomic mass is 32.2. The molecule has 0 saturated carbocycles. The van der Waals surface area contributed by atoms with Crippen LogP contribution in [-0.2, 0) is 32.3 Å². The number of aryl methyl sites for hydroxylation is 1. The predicted octanol–water partition coefficient (Wildman–Crippen LogP) is 0.205. The Labute approximate surface area is 111 Å². The molecule has 0 aliphatic carbocycles. The van der Waals surface area contributed by atoms with Crippen LogP contribution in [0.3, 0.4) is 0 Å². The highest BCUT2D eigenvalue weighted by molar-refractivity contribution is 7.91. The summed E-state index contributed by atoms with van der Waals surface area (Å²) in [5, 5.41) is 17.0. The van der Waals surface area contributed by atoms with E-state index in [0.717, 1.165) is 6.26 Å². The lowest BCUT2D eigenvalue weighted by atomic mass is 9.99. The summed E-state index contributed by atoms with van der Waals surface area (Å²) in [5.74, 6) is -0.416. The standard InChI is InChI=1S/C11H17N3O4S/c1-11(2,19(3,17)18)10-13-12-8-5-4-7(9(15)16)6-14(8)10/h7H,4-6H2,1-3H3,(H,15,16). The van der Waals surface area contributed by atoms with Gasteiger partial charge in [0.25, 0.3) is 0 Å². The minimum Gasteiger partial charge on any atom is -0.481 e. The van der Waals surface area contributed by atoms with Crippen LogP contribution in [-0.4, -0.2) is 40.5 Å². The van der Waals surface area contributed by atoms with Crippen molar-refractivity contribution < 1.29 is 18.3 Å². The zero-order valence-electron chi connectivity index (χ0n) is 11.1. The summed E-state index contributed by atoms with van der Waals surface area (Å²) in [6.07, 6.45) is 2.16. The molecule has 0 aromatic carbocycles. The molecular weight excluding hydrogens is 270 g/mol. The Kier molecular flexibility index (Phi) is 3.16. The van der Waals surface area contributed by atoms with Gasteiger partial charge in [-0.15, -0.1) is 10.2 Å². The van der Waals surface area contributed by atoms with E-state index in [1.54, 1.807) is 18.4 Å². The summed E-state index contributed by atoms with van der Waals surface area (Å²) >= 11 is 0. The Morgan fingerprint density at radius 1 is 1.42 bits per heavy atom. The van der Waals surface area contributed by atoms with Crippen LogP contribution >= 0.6 is 0 Å². The second-order valence-electron chi connectivity index (χ2n) is 5.41. The second kappa shape index (κ2) is 4.29. The number of aromatic nitrogens is 3. The van der Waals surface area contributed by atoms with Crippen LogP contribution < -0.4 is 0 Å². The molecule has 0 bridgehead atoms. The Morgan fingerprint density at radius 2 is 2.05 bits per heavy atom. The van der Waals surface area contributed by atoms with E-state index in [0.29, 0.717) is 24.5 Å². The number of carbonyl (C=O) groups is 1. The Balaban J connectivity index is 2.47. The lowest BCUT2D eigenvalue weighted by molar-refractivity contribution is -0.142. The van der Waals surface area contributed by atoms with Gasteiger partial charge in [-0.05, 0) is 20.3 Å². The maximum absolute atomic E-state index is 11.9. The molecule has 1 N–H and O–H groups in total. The van der Waals surface area contributed by atoms with Gasteiger partial charge < -0.3 is 9.67 Å². The molecule has 106 valence electrons. The van der Waals surface area contributed by atoms with Crippen molar-refractivity contribution in [2.45, 2.75) is 38.0 Å². The van der Waals surface area contributed by atoms with Gasteiger partial charge in [-0.1, -0.05) is 0 Å². The normalized spacial score (nSPS) is 20.1. The van der Waals surface area contributed by atoms with E-state index >= 15 is 0 Å². The van der Waals surface area contributed by atoms with Crippen LogP contribution in [0.2, 0.25) is 0 Å². The molecule has 0 radical (unpaired) electrons. The van der Waals surface area contributed by atoms with Crippen molar-refractivity contribution in [2.75, 3.05) is 6.26 Å². The van der Waals surface area contributed by atoms with Gasteiger partial charge in [0.05, 0.1) is 5.92 Å². The summed E-state index contributed by atoms with van der Waals surface area (Å²) < 4.78 is 24.2. The number of sulfone groups is 1. The molecule has 1 unspecified atom stereocenters. The summed E-state index contributed by atoms with van der Waals surface area (Å²) in [6, 6.07) is 0. The van der Waals surface area contributed by atoms with Crippen molar-refractivity contribution in [3.8, 4) is 0 Å². The van der Waals surface area contributed by atoms with Crippen molar-refractivity contribution >= 4 is 15.8 Å². The summed E-state index contributed by atoms with van der Waals surface area (Å²) in [4.78, 5) is 11.1. The molecule has 8 heteroatoms. The molecule has 1 aromatic rings. The van der Waals surface area contributed by atoms with Gasteiger partial charge in [-0.25, -0.2) is 8.42 Å². The fraction of sp³-hybridized carbons (Fsp3) is 0.727. The molecule has 7 nitrogen and oxygen atoms in total. The maximum Gasteiger partial charge on any atom is 0.308 e. The van der Waals surface area contributed by atoms with Crippen molar-refractivity contribution in [1.29, 1.82) is 0 Å². The van der Waals surface area contributed by atoms with Crippen LogP contribution in [0.15, 0.2) is 0 Å². The summed E-state index contributed by atoms with van der Waals surface area (Å²) in [5.41, 5.74) is 0. The van der Waals surface area contributed by atoms with Crippen LogP contribution in [0.5, 0.6) is 0 Å². The fourth-order valence-corrected chi connectivity index (χ4v) is 2.62. The van der Waals surface area contributed by atoms with Crippen molar-refractivity contribution in [2.24, 2.45) is 5.92 Å². The van der Waals surface area contributed by atoms with Crippen LogP contribution in [0.4, 0.5) is 0 Å². The molecule has 0 saturated heterocycles. The first-order chi connectivity index (χ1) is 8.64. The number of hydrogen-bond acceptors (Lipinski definition) is 5. The van der Waals surface area contributed by atoms with Gasteiger partial charge in [0, 0.05) is 19.2 Å².